The number of carboxylic acid groups (broad SMARTS) is 2. The Morgan fingerprint density at radius 3 is 2.43 bits per heavy atom. The number of carboxylic acids is 2. The third kappa shape index (κ3) is 1.73. The number of hydrogen-bond donors (Lipinski definition) is 2. The van der Waals surface area contributed by atoms with Gasteiger partial charge in [-0.3, -0.25) is 4.79 Å². The molecule has 76 valence electrons. The molecule has 0 aliphatic rings. The number of aromatic nitrogens is 2. The molecule has 1 rings (SSSR count). The van der Waals surface area contributed by atoms with Crippen LogP contribution in [0.15, 0.2) is 0 Å². The minimum atomic E-state index is -1.16. The van der Waals surface area contributed by atoms with Crippen molar-refractivity contribution in [3.63, 3.8) is 0 Å². The summed E-state index contributed by atoms with van der Waals surface area (Å²) in [7, 11) is 1.54. The number of carbonyl (C=O) groups is 2. The molecule has 6 nitrogen and oxygen atoms in total. The fourth-order valence-corrected chi connectivity index (χ4v) is 1.21. The molecule has 0 bridgehead atoms. The summed E-state index contributed by atoms with van der Waals surface area (Å²) in [6.45, 7) is 1.62. The van der Waals surface area contributed by atoms with Crippen molar-refractivity contribution in [3.8, 4) is 0 Å². The molecule has 0 spiro atoms. The summed E-state index contributed by atoms with van der Waals surface area (Å²) in [5.74, 6) is -1.77. The minimum Gasteiger partial charge on any atom is -0.481 e. The average molecular weight is 198 g/mol. The maximum atomic E-state index is 10.8. The molecule has 0 amide bonds. The van der Waals surface area contributed by atoms with Crippen LogP contribution in [0.5, 0.6) is 0 Å². The Bertz CT molecular complexity index is 394. The number of imidazole rings is 1. The Balaban J connectivity index is 3.22. The molecule has 0 saturated heterocycles. The van der Waals surface area contributed by atoms with Gasteiger partial charge >= 0.3 is 11.9 Å². The standard InChI is InChI=1S/C8H10N2O4/c1-4-9-5(3-6(11)12)7(8(13)14)10(4)2/h3H2,1-2H3,(H,11,12)(H,13,14). The molecule has 0 aliphatic heterocycles. The Labute approximate surface area is 79.8 Å². The second-order valence-corrected chi connectivity index (χ2v) is 2.89. The molecule has 1 aromatic rings. The van der Waals surface area contributed by atoms with Crippen molar-refractivity contribution in [2.24, 2.45) is 7.05 Å². The van der Waals surface area contributed by atoms with Gasteiger partial charge in [-0.1, -0.05) is 0 Å². The molecule has 0 atom stereocenters. The lowest BCUT2D eigenvalue weighted by Crippen LogP contribution is -2.10. The number of rotatable bonds is 3. The summed E-state index contributed by atoms with van der Waals surface area (Å²) in [6, 6.07) is 0. The van der Waals surface area contributed by atoms with E-state index in [0.29, 0.717) is 5.82 Å². The topological polar surface area (TPSA) is 92.4 Å². The van der Waals surface area contributed by atoms with Crippen molar-refractivity contribution in [1.82, 2.24) is 9.55 Å². The van der Waals surface area contributed by atoms with Gasteiger partial charge in [0.2, 0.25) is 0 Å². The zero-order valence-corrected chi connectivity index (χ0v) is 7.81. The monoisotopic (exact) mass is 198 g/mol. The van der Waals surface area contributed by atoms with Crippen LogP contribution < -0.4 is 0 Å². The maximum Gasteiger partial charge on any atom is 0.354 e. The van der Waals surface area contributed by atoms with Gasteiger partial charge in [-0.05, 0) is 6.92 Å². The SMILES string of the molecule is Cc1nc(CC(=O)O)c(C(=O)O)n1C. The van der Waals surface area contributed by atoms with E-state index in [1.54, 1.807) is 6.92 Å². The van der Waals surface area contributed by atoms with Crippen LogP contribution in [0, 0.1) is 6.92 Å². The summed E-state index contributed by atoms with van der Waals surface area (Å²) in [6.07, 6.45) is -0.372. The lowest BCUT2D eigenvalue weighted by molar-refractivity contribution is -0.136. The highest BCUT2D eigenvalue weighted by Gasteiger charge is 2.20. The van der Waals surface area contributed by atoms with Gasteiger partial charge in [0.1, 0.15) is 5.82 Å². The van der Waals surface area contributed by atoms with Crippen LogP contribution in [-0.4, -0.2) is 31.7 Å². The molecule has 0 radical (unpaired) electrons. The van der Waals surface area contributed by atoms with Crippen LogP contribution in [0.4, 0.5) is 0 Å². The first-order chi connectivity index (χ1) is 6.43. The van der Waals surface area contributed by atoms with Crippen LogP contribution in [0.3, 0.4) is 0 Å². The fourth-order valence-electron chi connectivity index (χ4n) is 1.21. The van der Waals surface area contributed by atoms with Crippen molar-refractivity contribution in [2.75, 3.05) is 0 Å². The molecule has 1 heterocycles. The smallest absolute Gasteiger partial charge is 0.354 e. The predicted octanol–water partition coefficient (Wildman–Crippen LogP) is 0.0538. The number of hydrogen-bond acceptors (Lipinski definition) is 3. The number of aromatic carboxylic acids is 1. The van der Waals surface area contributed by atoms with Gasteiger partial charge in [-0.2, -0.15) is 0 Å². The summed E-state index contributed by atoms with van der Waals surface area (Å²) in [5.41, 5.74) is 0.0231. The molecule has 0 aliphatic carbocycles. The van der Waals surface area contributed by atoms with Crippen LogP contribution in [-0.2, 0) is 18.3 Å². The number of aliphatic carboxylic acids is 1. The van der Waals surface area contributed by atoms with E-state index in [9.17, 15) is 9.59 Å². The van der Waals surface area contributed by atoms with Crippen LogP contribution in [0.1, 0.15) is 22.0 Å². The van der Waals surface area contributed by atoms with Gasteiger partial charge < -0.3 is 14.8 Å². The molecular formula is C8H10N2O4. The molecule has 6 heteroatoms. The average Bonchev–Trinajstić information content (AvgIpc) is 2.26. The van der Waals surface area contributed by atoms with E-state index >= 15 is 0 Å². The summed E-state index contributed by atoms with van der Waals surface area (Å²) in [4.78, 5) is 25.1. The van der Waals surface area contributed by atoms with Crippen molar-refractivity contribution in [1.29, 1.82) is 0 Å². The van der Waals surface area contributed by atoms with E-state index in [1.165, 1.54) is 11.6 Å². The zero-order valence-electron chi connectivity index (χ0n) is 7.81. The highest BCUT2D eigenvalue weighted by molar-refractivity contribution is 5.88. The summed E-state index contributed by atoms with van der Waals surface area (Å²) < 4.78 is 1.36. The number of nitrogens with zero attached hydrogens (tertiary/aromatic N) is 2. The van der Waals surface area contributed by atoms with Crippen LogP contribution in [0.2, 0.25) is 0 Å². The van der Waals surface area contributed by atoms with Crippen LogP contribution in [0.25, 0.3) is 0 Å². The van der Waals surface area contributed by atoms with E-state index in [4.69, 9.17) is 10.2 Å². The van der Waals surface area contributed by atoms with Gasteiger partial charge in [0.05, 0.1) is 12.1 Å². The van der Waals surface area contributed by atoms with E-state index in [1.807, 2.05) is 0 Å². The summed E-state index contributed by atoms with van der Waals surface area (Å²) >= 11 is 0. The van der Waals surface area contributed by atoms with E-state index < -0.39 is 11.9 Å². The molecule has 0 fully saturated rings. The summed E-state index contributed by atoms with van der Waals surface area (Å²) in [5, 5.41) is 17.4. The molecule has 0 aromatic carbocycles. The quantitative estimate of drug-likeness (QED) is 0.716. The first-order valence-electron chi connectivity index (χ1n) is 3.90. The predicted molar refractivity (Wildman–Crippen MR) is 46.2 cm³/mol. The van der Waals surface area contributed by atoms with Gasteiger partial charge in [-0.25, -0.2) is 9.78 Å². The van der Waals surface area contributed by atoms with Gasteiger partial charge in [0, 0.05) is 7.05 Å². The normalized spacial score (nSPS) is 10.1. The minimum absolute atomic E-state index is 0.0649. The Hall–Kier alpha value is -1.85. The second kappa shape index (κ2) is 3.49. The molecule has 2 N–H and O–H groups in total. The van der Waals surface area contributed by atoms with Crippen LogP contribution >= 0.6 is 0 Å². The van der Waals surface area contributed by atoms with E-state index in [0.717, 1.165) is 0 Å². The van der Waals surface area contributed by atoms with Gasteiger partial charge in [0.15, 0.2) is 5.69 Å². The zero-order chi connectivity index (χ0) is 10.9. The maximum absolute atomic E-state index is 10.8. The second-order valence-electron chi connectivity index (χ2n) is 2.89. The lowest BCUT2D eigenvalue weighted by atomic mass is 10.2. The third-order valence-corrected chi connectivity index (χ3v) is 1.91. The van der Waals surface area contributed by atoms with Crippen molar-refractivity contribution in [2.45, 2.75) is 13.3 Å². The first-order valence-corrected chi connectivity index (χ1v) is 3.90. The first kappa shape index (κ1) is 10.2. The Kier molecular flexibility index (Phi) is 2.55. The highest BCUT2D eigenvalue weighted by Crippen LogP contribution is 2.10. The lowest BCUT2D eigenvalue weighted by Gasteiger charge is -1.98. The third-order valence-electron chi connectivity index (χ3n) is 1.91. The molecule has 0 saturated carbocycles. The van der Waals surface area contributed by atoms with Crippen molar-refractivity contribution in [3.05, 3.63) is 17.2 Å². The van der Waals surface area contributed by atoms with Crippen molar-refractivity contribution < 1.29 is 19.8 Å². The van der Waals surface area contributed by atoms with E-state index in [-0.39, 0.29) is 17.8 Å². The molecule has 14 heavy (non-hydrogen) atoms. The molecular weight excluding hydrogens is 188 g/mol. The molecule has 1 aromatic heterocycles. The fraction of sp³-hybridized carbons (Fsp3) is 0.375. The largest absolute Gasteiger partial charge is 0.481 e. The Morgan fingerprint density at radius 1 is 1.43 bits per heavy atom. The van der Waals surface area contributed by atoms with Gasteiger partial charge in [0.25, 0.3) is 0 Å². The van der Waals surface area contributed by atoms with Gasteiger partial charge in [-0.15, -0.1) is 0 Å². The van der Waals surface area contributed by atoms with E-state index in [2.05, 4.69) is 4.98 Å². The Morgan fingerprint density at radius 2 is 2.00 bits per heavy atom. The highest BCUT2D eigenvalue weighted by atomic mass is 16.4. The molecule has 0 unspecified atom stereocenters. The van der Waals surface area contributed by atoms with Crippen molar-refractivity contribution >= 4 is 11.9 Å². The number of aryl methyl sites for hydroxylation is 1.